The number of thioether (sulfide) groups is 1. The van der Waals surface area contributed by atoms with E-state index in [-0.39, 0.29) is 5.91 Å². The van der Waals surface area contributed by atoms with E-state index in [4.69, 9.17) is 0 Å². The summed E-state index contributed by atoms with van der Waals surface area (Å²) in [6.45, 7) is 2.19. The summed E-state index contributed by atoms with van der Waals surface area (Å²) in [5.74, 6) is 1.15. The number of carbonyl (C=O) groups excluding carboxylic acids is 1. The van der Waals surface area contributed by atoms with Gasteiger partial charge in [-0.15, -0.1) is 0 Å². The number of amides is 1. The fraction of sp³-hybridized carbons (Fsp3) is 0.875. The van der Waals surface area contributed by atoms with Gasteiger partial charge in [-0.2, -0.15) is 17.0 Å². The molecule has 2 saturated carbocycles. The van der Waals surface area contributed by atoms with Gasteiger partial charge >= 0.3 is 0 Å². The topological polar surface area (TPSA) is 52.9 Å². The van der Waals surface area contributed by atoms with Crippen LogP contribution in [0.1, 0.15) is 64.7 Å². The lowest BCUT2D eigenvalue weighted by atomic mass is 9.80. The van der Waals surface area contributed by atoms with Crippen LogP contribution in [0.15, 0.2) is 0 Å². The zero-order valence-corrected chi connectivity index (χ0v) is 13.3. The lowest BCUT2D eigenvalue weighted by Gasteiger charge is -2.26. The standard InChI is InChI=1S/C16H26N2OS/c1-2-20-14-8-7-13(11-14)18-15(19)16(12-17)9-5-3-4-6-10-16/h13-14H,2-11H2,1H3,(H,18,19). The van der Waals surface area contributed by atoms with Crippen LogP contribution in [-0.4, -0.2) is 23.0 Å². The van der Waals surface area contributed by atoms with E-state index in [2.05, 4.69) is 18.3 Å². The second-order valence-corrected chi connectivity index (χ2v) is 7.75. The van der Waals surface area contributed by atoms with Gasteiger partial charge < -0.3 is 5.32 Å². The van der Waals surface area contributed by atoms with Crippen LogP contribution in [0, 0.1) is 16.7 Å². The van der Waals surface area contributed by atoms with Crippen LogP contribution in [0.25, 0.3) is 0 Å². The smallest absolute Gasteiger partial charge is 0.240 e. The fourth-order valence-corrected chi connectivity index (χ4v) is 4.65. The van der Waals surface area contributed by atoms with Crippen molar-refractivity contribution in [1.82, 2.24) is 5.32 Å². The van der Waals surface area contributed by atoms with Gasteiger partial charge in [0.15, 0.2) is 0 Å². The summed E-state index contributed by atoms with van der Waals surface area (Å²) in [4.78, 5) is 12.6. The van der Waals surface area contributed by atoms with Crippen molar-refractivity contribution in [1.29, 1.82) is 5.26 Å². The molecule has 0 aromatic heterocycles. The minimum atomic E-state index is -0.744. The number of hydrogen-bond donors (Lipinski definition) is 1. The summed E-state index contributed by atoms with van der Waals surface area (Å²) in [5, 5.41) is 13.4. The van der Waals surface area contributed by atoms with E-state index in [0.717, 1.165) is 57.1 Å². The van der Waals surface area contributed by atoms with Crippen LogP contribution >= 0.6 is 11.8 Å². The highest BCUT2D eigenvalue weighted by molar-refractivity contribution is 7.99. The van der Waals surface area contributed by atoms with Gasteiger partial charge in [0.1, 0.15) is 5.41 Å². The molecule has 2 unspecified atom stereocenters. The summed E-state index contributed by atoms with van der Waals surface area (Å²) < 4.78 is 0. The molecule has 0 bridgehead atoms. The fourth-order valence-electron chi connectivity index (χ4n) is 3.50. The molecule has 1 amide bonds. The van der Waals surface area contributed by atoms with Gasteiger partial charge in [0.05, 0.1) is 6.07 Å². The van der Waals surface area contributed by atoms with Gasteiger partial charge in [-0.1, -0.05) is 32.6 Å². The molecule has 1 N–H and O–H groups in total. The summed E-state index contributed by atoms with van der Waals surface area (Å²) in [6.07, 6.45) is 9.19. The average Bonchev–Trinajstić information content (AvgIpc) is 2.75. The molecule has 0 heterocycles. The highest BCUT2D eigenvalue weighted by Gasteiger charge is 2.40. The molecular formula is C16H26N2OS. The second kappa shape index (κ2) is 7.36. The number of nitrogens with zero attached hydrogens (tertiary/aromatic N) is 1. The number of rotatable bonds is 4. The Bertz CT molecular complexity index is 369. The monoisotopic (exact) mass is 294 g/mol. The van der Waals surface area contributed by atoms with E-state index < -0.39 is 5.41 Å². The molecule has 2 aliphatic carbocycles. The lowest BCUT2D eigenvalue weighted by Crippen LogP contribution is -2.44. The first-order chi connectivity index (χ1) is 9.70. The summed E-state index contributed by atoms with van der Waals surface area (Å²) >= 11 is 2.00. The maximum absolute atomic E-state index is 12.6. The molecule has 3 nitrogen and oxygen atoms in total. The predicted molar refractivity (Wildman–Crippen MR) is 83.4 cm³/mol. The Balaban J connectivity index is 1.91. The molecular weight excluding hydrogens is 268 g/mol. The van der Waals surface area contributed by atoms with Crippen LogP contribution in [0.4, 0.5) is 0 Å². The third-order valence-electron chi connectivity index (χ3n) is 4.73. The molecule has 2 fully saturated rings. The lowest BCUT2D eigenvalue weighted by molar-refractivity contribution is -0.129. The van der Waals surface area contributed by atoms with Gasteiger partial charge in [0.25, 0.3) is 0 Å². The highest BCUT2D eigenvalue weighted by atomic mass is 32.2. The van der Waals surface area contributed by atoms with E-state index in [1.807, 2.05) is 11.8 Å². The minimum Gasteiger partial charge on any atom is -0.352 e. The molecule has 0 spiro atoms. The Morgan fingerprint density at radius 1 is 1.30 bits per heavy atom. The quantitative estimate of drug-likeness (QED) is 0.805. The van der Waals surface area contributed by atoms with Crippen LogP contribution in [0.2, 0.25) is 0 Å². The van der Waals surface area contributed by atoms with Gasteiger partial charge in [0, 0.05) is 11.3 Å². The van der Waals surface area contributed by atoms with Crippen molar-refractivity contribution in [2.24, 2.45) is 5.41 Å². The average molecular weight is 294 g/mol. The van der Waals surface area contributed by atoms with E-state index in [1.54, 1.807) is 0 Å². The normalized spacial score (nSPS) is 29.4. The van der Waals surface area contributed by atoms with Crippen molar-refractivity contribution >= 4 is 17.7 Å². The van der Waals surface area contributed by atoms with Gasteiger partial charge in [-0.3, -0.25) is 4.79 Å². The zero-order valence-electron chi connectivity index (χ0n) is 12.5. The Kier molecular flexibility index (Phi) is 5.77. The molecule has 2 rings (SSSR count). The first-order valence-electron chi connectivity index (χ1n) is 8.04. The number of hydrogen-bond acceptors (Lipinski definition) is 3. The van der Waals surface area contributed by atoms with E-state index in [1.165, 1.54) is 6.42 Å². The van der Waals surface area contributed by atoms with Crippen molar-refractivity contribution in [3.05, 3.63) is 0 Å². The number of nitrogens with one attached hydrogen (secondary N) is 1. The Labute approximate surface area is 126 Å². The Hall–Kier alpha value is -0.690. The number of nitriles is 1. The van der Waals surface area contributed by atoms with Gasteiger partial charge in [-0.05, 0) is 37.9 Å². The maximum atomic E-state index is 12.6. The largest absolute Gasteiger partial charge is 0.352 e. The Morgan fingerprint density at radius 2 is 2.00 bits per heavy atom. The van der Waals surface area contributed by atoms with Crippen LogP contribution < -0.4 is 5.32 Å². The van der Waals surface area contributed by atoms with Crippen molar-refractivity contribution in [2.75, 3.05) is 5.75 Å². The van der Waals surface area contributed by atoms with E-state index in [9.17, 15) is 10.1 Å². The van der Waals surface area contributed by atoms with E-state index in [0.29, 0.717) is 11.3 Å². The molecule has 0 aromatic carbocycles. The van der Waals surface area contributed by atoms with Crippen molar-refractivity contribution in [3.8, 4) is 6.07 Å². The molecule has 112 valence electrons. The van der Waals surface area contributed by atoms with Crippen LogP contribution in [0.3, 0.4) is 0 Å². The summed E-state index contributed by atoms with van der Waals surface area (Å²) in [5.41, 5.74) is -0.744. The van der Waals surface area contributed by atoms with Crippen LogP contribution in [0.5, 0.6) is 0 Å². The second-order valence-electron chi connectivity index (χ2n) is 6.17. The summed E-state index contributed by atoms with van der Waals surface area (Å²) in [7, 11) is 0. The zero-order chi connectivity index (χ0) is 14.4. The molecule has 20 heavy (non-hydrogen) atoms. The first-order valence-corrected chi connectivity index (χ1v) is 9.09. The summed E-state index contributed by atoms with van der Waals surface area (Å²) in [6, 6.07) is 2.64. The van der Waals surface area contributed by atoms with Crippen LogP contribution in [-0.2, 0) is 4.79 Å². The highest BCUT2D eigenvalue weighted by Crippen LogP contribution is 2.36. The SMILES string of the molecule is CCSC1CCC(NC(=O)C2(C#N)CCCCCC2)C1. The minimum absolute atomic E-state index is 0.00838. The van der Waals surface area contributed by atoms with Gasteiger partial charge in [0.2, 0.25) is 5.91 Å². The Morgan fingerprint density at radius 3 is 2.60 bits per heavy atom. The van der Waals surface area contributed by atoms with E-state index >= 15 is 0 Å². The molecule has 4 heteroatoms. The first kappa shape index (κ1) is 15.7. The maximum Gasteiger partial charge on any atom is 0.240 e. The molecule has 0 aliphatic heterocycles. The molecule has 2 aliphatic rings. The molecule has 0 aromatic rings. The number of carbonyl (C=O) groups is 1. The molecule has 2 atom stereocenters. The van der Waals surface area contributed by atoms with Crippen molar-refractivity contribution in [2.45, 2.75) is 76.0 Å². The third-order valence-corrected chi connectivity index (χ3v) is 5.96. The van der Waals surface area contributed by atoms with Crippen molar-refractivity contribution < 1.29 is 4.79 Å². The van der Waals surface area contributed by atoms with Crippen molar-refractivity contribution in [3.63, 3.8) is 0 Å². The third kappa shape index (κ3) is 3.69. The molecule has 0 radical (unpaired) electrons. The van der Waals surface area contributed by atoms with Gasteiger partial charge in [-0.25, -0.2) is 0 Å². The molecule has 0 saturated heterocycles. The predicted octanol–water partition coefficient (Wildman–Crippen LogP) is 3.64.